The summed E-state index contributed by atoms with van der Waals surface area (Å²) < 4.78 is 87.9. The Labute approximate surface area is 369 Å². The third-order valence-corrected chi connectivity index (χ3v) is 16.9. The predicted molar refractivity (Wildman–Crippen MR) is 236 cm³/mol. The average molecular weight is 971 g/mol. The summed E-state index contributed by atoms with van der Waals surface area (Å²) in [7, 11) is -21.9. The largest absolute Gasteiger partial charge is 0.490 e. The van der Waals surface area contributed by atoms with Crippen molar-refractivity contribution in [2.45, 2.75) is 162 Å². The first-order chi connectivity index (χ1) is 29.8. The van der Waals surface area contributed by atoms with Gasteiger partial charge in [-0.1, -0.05) is 135 Å². The lowest BCUT2D eigenvalue weighted by molar-refractivity contribution is -0.134. The molecule has 0 amide bonds. The number of esters is 1. The number of rotatable bonds is 34. The summed E-state index contributed by atoms with van der Waals surface area (Å²) in [6.07, 6.45) is 20.5. The van der Waals surface area contributed by atoms with Crippen LogP contribution in [0, 0.1) is 6.92 Å². The summed E-state index contributed by atoms with van der Waals surface area (Å²) in [6.45, 7) is 4.44. The topological polar surface area (TPSA) is 266 Å². The fourth-order valence-corrected chi connectivity index (χ4v) is 12.7. The normalized spacial score (nSPS) is 19.0. The first-order valence-electron chi connectivity index (χ1n) is 21.8. The zero-order valence-electron chi connectivity index (χ0n) is 36.5. The fourth-order valence-electron chi connectivity index (χ4n) is 6.47. The Kier molecular flexibility index (Phi) is 24.4. The number of carbonyl (C=O) groups is 1. The predicted octanol–water partition coefficient (Wildman–Crippen LogP) is 10.4. The maximum atomic E-state index is 13.9. The quantitative estimate of drug-likeness (QED) is 0.0167. The van der Waals surface area contributed by atoms with Crippen molar-refractivity contribution in [3.8, 4) is 5.75 Å². The van der Waals surface area contributed by atoms with E-state index in [1.54, 1.807) is 0 Å². The van der Waals surface area contributed by atoms with E-state index in [0.717, 1.165) is 43.1 Å². The first kappa shape index (κ1) is 55.0. The number of hydrogen-bond acceptors (Lipinski definition) is 14. The Hall–Kier alpha value is -2.33. The molecule has 0 fully saturated rings. The standard InChI is InChI=1S/C40H66N2O17P4/c1-4-6-8-9-10-11-12-13-14-15-16-17-18-19-20-21-29-60(46,53-31-34-23-25-35(26-24-34)56-38(43)22-7-5-2)57-62(49,50)59-63(51,52)58-61(47,48)54-32-36-27-28-37(55-36)42-30-33(3)39(44)41-40(42)45/h23-28,30,36-37H,4-22,29,31-32H2,1-3H3,(H,47,48)(H,49,50)(H,51,52)(H,41,44,45)/t36-,37+,60?/m0/s1. The second-order valence-electron chi connectivity index (χ2n) is 15.5. The minimum atomic E-state index is -5.96. The number of nitrogens with zero attached hydrogens (tertiary/aromatic N) is 1. The Bertz CT molecular complexity index is 2040. The minimum absolute atomic E-state index is 0.208. The highest BCUT2D eigenvalue weighted by Crippen LogP contribution is 2.72. The van der Waals surface area contributed by atoms with Crippen LogP contribution in [0.25, 0.3) is 0 Å². The van der Waals surface area contributed by atoms with E-state index in [-0.39, 0.29) is 30.3 Å². The summed E-state index contributed by atoms with van der Waals surface area (Å²) in [5, 5.41) is 0. The number of unbranched alkanes of at least 4 members (excludes halogenated alkanes) is 16. The van der Waals surface area contributed by atoms with Crippen molar-refractivity contribution in [1.82, 2.24) is 9.55 Å². The molecule has 4 unspecified atom stereocenters. The van der Waals surface area contributed by atoms with E-state index < -0.39 is 73.8 Å². The molecule has 23 heteroatoms. The second-order valence-corrected chi connectivity index (χ2v) is 22.5. The Morgan fingerprint density at radius 1 is 0.698 bits per heavy atom. The molecule has 358 valence electrons. The van der Waals surface area contributed by atoms with Crippen molar-refractivity contribution in [3.63, 3.8) is 0 Å². The van der Waals surface area contributed by atoms with Gasteiger partial charge in [0.1, 0.15) is 11.9 Å². The maximum absolute atomic E-state index is 13.9. The molecule has 2 aromatic rings. The molecule has 0 spiro atoms. The van der Waals surface area contributed by atoms with Gasteiger partial charge in [-0.3, -0.25) is 28.2 Å². The number of phosphoric ester groups is 1. The molecular weight excluding hydrogens is 904 g/mol. The lowest BCUT2D eigenvalue weighted by Crippen LogP contribution is -2.33. The molecule has 1 aliphatic heterocycles. The van der Waals surface area contributed by atoms with Gasteiger partial charge in [0, 0.05) is 18.2 Å². The number of carbonyl (C=O) groups excluding carboxylic acids is 1. The van der Waals surface area contributed by atoms with Gasteiger partial charge in [0.05, 0.1) is 19.4 Å². The van der Waals surface area contributed by atoms with Gasteiger partial charge in [-0.2, -0.15) is 8.62 Å². The van der Waals surface area contributed by atoms with Crippen molar-refractivity contribution >= 4 is 37.0 Å². The van der Waals surface area contributed by atoms with E-state index >= 15 is 0 Å². The molecule has 19 nitrogen and oxygen atoms in total. The minimum Gasteiger partial charge on any atom is -0.427 e. The molecule has 4 N–H and O–H groups in total. The molecule has 63 heavy (non-hydrogen) atoms. The highest BCUT2D eigenvalue weighted by molar-refractivity contribution is 7.70. The molecule has 0 saturated carbocycles. The van der Waals surface area contributed by atoms with Crippen LogP contribution in [0.5, 0.6) is 5.75 Å². The van der Waals surface area contributed by atoms with Crippen LogP contribution in [0.2, 0.25) is 0 Å². The van der Waals surface area contributed by atoms with E-state index in [0.29, 0.717) is 18.4 Å². The van der Waals surface area contributed by atoms with E-state index in [1.165, 1.54) is 107 Å². The average Bonchev–Trinajstić information content (AvgIpc) is 3.68. The summed E-state index contributed by atoms with van der Waals surface area (Å²) in [4.78, 5) is 68.9. The maximum Gasteiger partial charge on any atom is 0.490 e. The molecule has 0 saturated heterocycles. The number of aryl methyl sites for hydroxylation is 1. The van der Waals surface area contributed by atoms with Crippen LogP contribution in [0.4, 0.5) is 0 Å². The molecule has 6 atom stereocenters. The SMILES string of the molecule is CCCCCCCCCCCCCCCCCCP(=O)(OCc1ccc(OC(=O)CCCC)cc1)OP(=O)(O)OP(=O)(O)OP(=O)(O)OC[C@@H]1C=C[C@H](n2cc(C)c(=O)[nH]c2=O)O1. The summed E-state index contributed by atoms with van der Waals surface area (Å²) in [5.41, 5.74) is -0.764. The van der Waals surface area contributed by atoms with E-state index in [2.05, 4.69) is 20.5 Å². The van der Waals surface area contributed by atoms with Crippen LogP contribution < -0.4 is 16.0 Å². The van der Waals surface area contributed by atoms with E-state index in [1.807, 2.05) is 6.92 Å². The highest BCUT2D eigenvalue weighted by atomic mass is 31.3. The van der Waals surface area contributed by atoms with Crippen molar-refractivity contribution in [1.29, 1.82) is 0 Å². The molecule has 0 aliphatic carbocycles. The number of H-pyrrole nitrogens is 1. The smallest absolute Gasteiger partial charge is 0.427 e. The zero-order valence-corrected chi connectivity index (χ0v) is 40.1. The molecule has 1 aliphatic rings. The Morgan fingerprint density at radius 3 is 1.79 bits per heavy atom. The van der Waals surface area contributed by atoms with Crippen molar-refractivity contribution in [2.24, 2.45) is 0 Å². The molecule has 1 aromatic heterocycles. The van der Waals surface area contributed by atoms with Crippen LogP contribution in [-0.2, 0) is 56.4 Å². The highest BCUT2D eigenvalue weighted by Gasteiger charge is 2.46. The number of phosphoric acid groups is 3. The third kappa shape index (κ3) is 22.6. The van der Waals surface area contributed by atoms with Crippen LogP contribution in [0.1, 0.15) is 153 Å². The van der Waals surface area contributed by atoms with Gasteiger partial charge in [-0.25, -0.2) is 22.8 Å². The van der Waals surface area contributed by atoms with Crippen LogP contribution in [-0.4, -0.2) is 49.1 Å². The van der Waals surface area contributed by atoms with Gasteiger partial charge in [0.15, 0.2) is 6.23 Å². The number of aromatic nitrogens is 2. The number of hydrogen-bond donors (Lipinski definition) is 4. The molecule has 0 bridgehead atoms. The van der Waals surface area contributed by atoms with Crippen LogP contribution in [0.3, 0.4) is 0 Å². The lowest BCUT2D eigenvalue weighted by atomic mass is 10.0. The number of ether oxygens (including phenoxy) is 2. The number of benzene rings is 1. The van der Waals surface area contributed by atoms with Crippen molar-refractivity contribution < 1.29 is 69.2 Å². The molecular formula is C40H66N2O17P4. The fraction of sp³-hybridized carbons (Fsp3) is 0.675. The Morgan fingerprint density at radius 2 is 1.22 bits per heavy atom. The Balaban J connectivity index is 1.52. The van der Waals surface area contributed by atoms with Crippen molar-refractivity contribution in [2.75, 3.05) is 12.8 Å². The summed E-state index contributed by atoms with van der Waals surface area (Å²) >= 11 is 0. The molecule has 3 rings (SSSR count). The van der Waals surface area contributed by atoms with Gasteiger partial charge in [0.25, 0.3) is 5.56 Å². The zero-order chi connectivity index (χ0) is 46.4. The third-order valence-electron chi connectivity index (χ3n) is 9.87. The summed E-state index contributed by atoms with van der Waals surface area (Å²) in [6, 6.07) is 6.01. The summed E-state index contributed by atoms with van der Waals surface area (Å²) in [5.74, 6) is -0.143. The van der Waals surface area contributed by atoms with Crippen molar-refractivity contribution in [3.05, 3.63) is 74.6 Å². The number of aromatic amines is 1. The van der Waals surface area contributed by atoms with Gasteiger partial charge in [0.2, 0.25) is 0 Å². The monoisotopic (exact) mass is 970 g/mol. The molecule has 2 heterocycles. The van der Waals surface area contributed by atoms with Gasteiger partial charge in [-0.15, -0.1) is 0 Å². The van der Waals surface area contributed by atoms with Gasteiger partial charge < -0.3 is 28.7 Å². The molecule has 0 radical (unpaired) electrons. The second kappa shape index (κ2) is 28.0. The van der Waals surface area contributed by atoms with E-state index in [4.69, 9.17) is 22.8 Å². The van der Waals surface area contributed by atoms with Gasteiger partial charge >= 0.3 is 42.7 Å². The van der Waals surface area contributed by atoms with E-state index in [9.17, 15) is 47.3 Å². The van der Waals surface area contributed by atoms with Crippen LogP contribution >= 0.6 is 31.1 Å². The van der Waals surface area contributed by atoms with Crippen LogP contribution in [0.15, 0.2) is 52.2 Å². The first-order valence-corrected chi connectivity index (χ1v) is 28.0. The van der Waals surface area contributed by atoms with Gasteiger partial charge in [-0.05, 0) is 43.5 Å². The molecule has 1 aromatic carbocycles. The lowest BCUT2D eigenvalue weighted by Gasteiger charge is -2.23. The number of nitrogens with one attached hydrogen (secondary N) is 1.